The number of hydrogen-bond donors (Lipinski definition) is 1. The van der Waals surface area contributed by atoms with Gasteiger partial charge in [-0.15, -0.1) is 0 Å². The Morgan fingerprint density at radius 1 is 1.12 bits per heavy atom. The van der Waals surface area contributed by atoms with Crippen LogP contribution in [-0.2, 0) is 16.0 Å². The zero-order valence-electron chi connectivity index (χ0n) is 13.8. The highest BCUT2D eigenvalue weighted by Crippen LogP contribution is 2.35. The smallest absolute Gasteiger partial charge is 0.337 e. The van der Waals surface area contributed by atoms with Crippen LogP contribution < -0.4 is 5.32 Å². The Balaban J connectivity index is 2.02. The van der Waals surface area contributed by atoms with E-state index in [1.807, 2.05) is 0 Å². The molecule has 3 aromatic rings. The zero-order chi connectivity index (χ0) is 18.7. The number of esters is 1. The second-order valence-electron chi connectivity index (χ2n) is 5.58. The molecule has 0 aliphatic heterocycles. The summed E-state index contributed by atoms with van der Waals surface area (Å²) in [5.41, 5.74) is 1.53. The van der Waals surface area contributed by atoms with Crippen molar-refractivity contribution in [1.82, 2.24) is 4.98 Å². The lowest BCUT2D eigenvalue weighted by atomic mass is 10.0. The maximum absolute atomic E-state index is 12.4. The first-order chi connectivity index (χ1) is 12.5. The number of carbonyl (C=O) groups excluding carboxylic acids is 2. The Morgan fingerprint density at radius 2 is 1.85 bits per heavy atom. The third-order valence-corrected chi connectivity index (χ3v) is 4.29. The number of hydrogen-bond acceptors (Lipinski definition) is 4. The van der Waals surface area contributed by atoms with Crippen LogP contribution in [0.15, 0.2) is 48.8 Å². The Kier molecular flexibility index (Phi) is 5.40. The summed E-state index contributed by atoms with van der Waals surface area (Å²) in [6, 6.07) is 9.94. The normalized spacial score (nSPS) is 10.6. The number of nitrogens with zero attached hydrogens (tertiary/aromatic N) is 1. The monoisotopic (exact) mass is 388 g/mol. The number of benzene rings is 2. The van der Waals surface area contributed by atoms with Crippen molar-refractivity contribution in [3.63, 3.8) is 0 Å². The first-order valence-corrected chi connectivity index (χ1v) is 8.43. The van der Waals surface area contributed by atoms with Crippen molar-refractivity contribution in [3.05, 3.63) is 70.0 Å². The van der Waals surface area contributed by atoms with Crippen molar-refractivity contribution in [2.75, 3.05) is 12.4 Å². The first-order valence-electron chi connectivity index (χ1n) is 7.68. The van der Waals surface area contributed by atoms with Gasteiger partial charge in [0.15, 0.2) is 0 Å². The fourth-order valence-electron chi connectivity index (χ4n) is 2.64. The van der Waals surface area contributed by atoms with E-state index in [-0.39, 0.29) is 17.9 Å². The predicted octanol–water partition coefficient (Wildman–Crippen LogP) is 4.51. The van der Waals surface area contributed by atoms with Crippen LogP contribution in [0, 0.1) is 0 Å². The molecule has 0 aliphatic carbocycles. The summed E-state index contributed by atoms with van der Waals surface area (Å²) < 4.78 is 4.78. The molecule has 7 heteroatoms. The molecular formula is C19H14Cl2N2O3. The van der Waals surface area contributed by atoms with Crippen molar-refractivity contribution in [2.24, 2.45) is 0 Å². The highest BCUT2D eigenvalue weighted by atomic mass is 35.5. The van der Waals surface area contributed by atoms with Gasteiger partial charge in [0.2, 0.25) is 5.91 Å². The van der Waals surface area contributed by atoms with Crippen molar-refractivity contribution in [2.45, 2.75) is 6.42 Å². The number of halogens is 2. The minimum Gasteiger partial charge on any atom is -0.465 e. The quantitative estimate of drug-likeness (QED) is 0.667. The van der Waals surface area contributed by atoms with Crippen molar-refractivity contribution >= 4 is 51.5 Å². The molecule has 0 bridgehead atoms. The van der Waals surface area contributed by atoms with Crippen LogP contribution in [0.25, 0.3) is 10.8 Å². The van der Waals surface area contributed by atoms with Gasteiger partial charge in [0.05, 0.1) is 29.8 Å². The fourth-order valence-corrected chi connectivity index (χ4v) is 3.25. The van der Waals surface area contributed by atoms with E-state index in [9.17, 15) is 9.59 Å². The lowest BCUT2D eigenvalue weighted by molar-refractivity contribution is -0.115. The van der Waals surface area contributed by atoms with Gasteiger partial charge in [-0.3, -0.25) is 9.78 Å². The fraction of sp³-hybridized carbons (Fsp3) is 0.105. The van der Waals surface area contributed by atoms with Crippen LogP contribution >= 0.6 is 23.2 Å². The molecule has 0 radical (unpaired) electrons. The SMILES string of the molecule is COC(=O)c1cc(NC(=O)Cc2ccncc2)c2c(Cl)cc(Cl)cc2c1. The lowest BCUT2D eigenvalue weighted by Gasteiger charge is -2.13. The average Bonchev–Trinajstić information content (AvgIpc) is 2.60. The van der Waals surface area contributed by atoms with Gasteiger partial charge in [0, 0.05) is 22.8 Å². The Labute approximate surface area is 159 Å². The third-order valence-electron chi connectivity index (χ3n) is 3.77. The molecule has 0 fully saturated rings. The molecule has 5 nitrogen and oxygen atoms in total. The number of pyridine rings is 1. The molecule has 0 unspecified atom stereocenters. The number of ether oxygens (including phenoxy) is 1. The van der Waals surface area contributed by atoms with E-state index in [1.54, 1.807) is 48.8 Å². The Bertz CT molecular complexity index is 991. The minimum atomic E-state index is -0.521. The topological polar surface area (TPSA) is 68.3 Å². The number of anilines is 1. The number of rotatable bonds is 4. The molecule has 0 saturated heterocycles. The van der Waals surface area contributed by atoms with Crippen LogP contribution in [0.5, 0.6) is 0 Å². The molecule has 0 aliphatic rings. The molecule has 1 amide bonds. The van der Waals surface area contributed by atoms with Gasteiger partial charge in [0.1, 0.15) is 0 Å². The summed E-state index contributed by atoms with van der Waals surface area (Å²) >= 11 is 12.4. The maximum atomic E-state index is 12.4. The van der Waals surface area contributed by atoms with Crippen molar-refractivity contribution in [3.8, 4) is 0 Å². The standard InChI is InChI=1S/C19H14Cl2N2O3/c1-26-19(25)13-7-12-8-14(20)10-15(21)18(12)16(9-13)23-17(24)6-11-2-4-22-5-3-11/h2-5,7-10H,6H2,1H3,(H,23,24). The average molecular weight is 389 g/mol. The minimum absolute atomic E-state index is 0.164. The molecular weight excluding hydrogens is 375 g/mol. The lowest BCUT2D eigenvalue weighted by Crippen LogP contribution is -2.15. The largest absolute Gasteiger partial charge is 0.465 e. The van der Waals surface area contributed by atoms with Crippen LogP contribution in [0.3, 0.4) is 0 Å². The summed E-state index contributed by atoms with van der Waals surface area (Å²) in [6.45, 7) is 0. The predicted molar refractivity (Wildman–Crippen MR) is 102 cm³/mol. The molecule has 26 heavy (non-hydrogen) atoms. The molecule has 0 saturated carbocycles. The van der Waals surface area contributed by atoms with Crippen LogP contribution in [0.1, 0.15) is 15.9 Å². The highest BCUT2D eigenvalue weighted by Gasteiger charge is 2.15. The van der Waals surface area contributed by atoms with E-state index < -0.39 is 5.97 Å². The zero-order valence-corrected chi connectivity index (χ0v) is 15.3. The number of fused-ring (bicyclic) bond motifs is 1. The summed E-state index contributed by atoms with van der Waals surface area (Å²) in [7, 11) is 1.29. The molecule has 1 N–H and O–H groups in total. The van der Waals surface area contributed by atoms with Gasteiger partial charge in [-0.25, -0.2) is 4.79 Å². The van der Waals surface area contributed by atoms with Gasteiger partial charge >= 0.3 is 5.97 Å². The van der Waals surface area contributed by atoms with Crippen LogP contribution in [0.4, 0.5) is 5.69 Å². The van der Waals surface area contributed by atoms with Gasteiger partial charge < -0.3 is 10.1 Å². The van der Waals surface area contributed by atoms with E-state index in [2.05, 4.69) is 10.3 Å². The number of carbonyl (C=O) groups is 2. The third kappa shape index (κ3) is 3.95. The number of methoxy groups -OCH3 is 1. The van der Waals surface area contributed by atoms with E-state index in [4.69, 9.17) is 27.9 Å². The highest BCUT2D eigenvalue weighted by molar-refractivity contribution is 6.40. The second kappa shape index (κ2) is 7.72. The molecule has 1 heterocycles. The van der Waals surface area contributed by atoms with Crippen molar-refractivity contribution in [1.29, 1.82) is 0 Å². The summed E-state index contributed by atoms with van der Waals surface area (Å²) in [6.07, 6.45) is 3.40. The summed E-state index contributed by atoms with van der Waals surface area (Å²) in [5, 5.41) is 4.86. The van der Waals surface area contributed by atoms with E-state index in [0.29, 0.717) is 26.5 Å². The van der Waals surface area contributed by atoms with Crippen LogP contribution in [0.2, 0.25) is 10.0 Å². The van der Waals surface area contributed by atoms with Crippen LogP contribution in [-0.4, -0.2) is 24.0 Å². The van der Waals surface area contributed by atoms with Gasteiger partial charge in [0.25, 0.3) is 0 Å². The molecule has 2 aromatic carbocycles. The van der Waals surface area contributed by atoms with E-state index in [0.717, 1.165) is 5.56 Å². The van der Waals surface area contributed by atoms with Gasteiger partial charge in [-0.1, -0.05) is 23.2 Å². The molecule has 132 valence electrons. The first kappa shape index (κ1) is 18.2. The van der Waals surface area contributed by atoms with Gasteiger partial charge in [-0.2, -0.15) is 0 Å². The second-order valence-corrected chi connectivity index (χ2v) is 6.43. The van der Waals surface area contributed by atoms with E-state index in [1.165, 1.54) is 7.11 Å². The molecule has 0 atom stereocenters. The number of aromatic nitrogens is 1. The Morgan fingerprint density at radius 3 is 2.54 bits per heavy atom. The van der Waals surface area contributed by atoms with Gasteiger partial charge in [-0.05, 0) is 47.3 Å². The Hall–Kier alpha value is -2.63. The summed E-state index contributed by atoms with van der Waals surface area (Å²) in [5.74, 6) is -0.766. The molecule has 0 spiro atoms. The number of nitrogens with one attached hydrogen (secondary N) is 1. The molecule has 1 aromatic heterocycles. The number of amides is 1. The molecule has 3 rings (SSSR count). The maximum Gasteiger partial charge on any atom is 0.337 e. The van der Waals surface area contributed by atoms with E-state index >= 15 is 0 Å². The van der Waals surface area contributed by atoms with Crippen molar-refractivity contribution < 1.29 is 14.3 Å². The summed E-state index contributed by atoms with van der Waals surface area (Å²) in [4.78, 5) is 28.3.